The standard InChI is InChI=1S/C17H25N3OS/c1-4-13(2)20(3)12-11-18-16(21)9-10-17-19-14-7-5-6-8-15(14)22-17/h5-8,13H,4,9-12H2,1-3H3,(H,18,21). The van der Waals surface area contributed by atoms with Crippen LogP contribution >= 0.6 is 11.3 Å². The minimum Gasteiger partial charge on any atom is -0.355 e. The van der Waals surface area contributed by atoms with Crippen molar-refractivity contribution in [2.24, 2.45) is 0 Å². The predicted octanol–water partition coefficient (Wildman–Crippen LogP) is 3.08. The number of nitrogens with one attached hydrogen (secondary N) is 1. The number of nitrogens with zero attached hydrogens (tertiary/aromatic N) is 2. The van der Waals surface area contributed by atoms with E-state index >= 15 is 0 Å². The maximum atomic E-state index is 11.9. The first-order valence-electron chi connectivity index (χ1n) is 7.91. The lowest BCUT2D eigenvalue weighted by Gasteiger charge is -2.23. The zero-order valence-electron chi connectivity index (χ0n) is 13.6. The average molecular weight is 319 g/mol. The molecule has 2 aromatic rings. The quantitative estimate of drug-likeness (QED) is 0.813. The summed E-state index contributed by atoms with van der Waals surface area (Å²) in [5.74, 6) is 0.108. The van der Waals surface area contributed by atoms with Crippen LogP contribution in [-0.2, 0) is 11.2 Å². The molecule has 22 heavy (non-hydrogen) atoms. The molecule has 1 heterocycles. The van der Waals surface area contributed by atoms with Gasteiger partial charge in [0.05, 0.1) is 15.2 Å². The first kappa shape index (κ1) is 16.9. The third-order valence-electron chi connectivity index (χ3n) is 4.03. The van der Waals surface area contributed by atoms with E-state index in [0.717, 1.165) is 23.5 Å². The molecule has 5 heteroatoms. The molecule has 1 aromatic carbocycles. The number of hydrogen-bond acceptors (Lipinski definition) is 4. The summed E-state index contributed by atoms with van der Waals surface area (Å²) in [5, 5.41) is 4.03. The second-order valence-corrected chi connectivity index (χ2v) is 6.78. The summed E-state index contributed by atoms with van der Waals surface area (Å²) in [6.45, 7) is 5.98. The molecule has 1 atom stereocenters. The summed E-state index contributed by atoms with van der Waals surface area (Å²) in [4.78, 5) is 18.7. The van der Waals surface area contributed by atoms with Crippen LogP contribution in [0.1, 0.15) is 31.7 Å². The summed E-state index contributed by atoms with van der Waals surface area (Å²) in [5.41, 5.74) is 1.03. The predicted molar refractivity (Wildman–Crippen MR) is 93.3 cm³/mol. The molecular formula is C17H25N3OS. The van der Waals surface area contributed by atoms with Gasteiger partial charge >= 0.3 is 0 Å². The summed E-state index contributed by atoms with van der Waals surface area (Å²) in [6, 6.07) is 8.65. The van der Waals surface area contributed by atoms with Crippen molar-refractivity contribution in [3.63, 3.8) is 0 Å². The van der Waals surface area contributed by atoms with Crippen LogP contribution in [0.15, 0.2) is 24.3 Å². The van der Waals surface area contributed by atoms with Gasteiger partial charge in [-0.15, -0.1) is 11.3 Å². The molecule has 0 aliphatic carbocycles. The zero-order valence-corrected chi connectivity index (χ0v) is 14.4. The number of hydrogen-bond donors (Lipinski definition) is 1. The Morgan fingerprint density at radius 1 is 1.41 bits per heavy atom. The monoisotopic (exact) mass is 319 g/mol. The van der Waals surface area contributed by atoms with Crippen molar-refractivity contribution in [1.29, 1.82) is 0 Å². The van der Waals surface area contributed by atoms with Gasteiger partial charge in [0.15, 0.2) is 0 Å². The molecule has 1 N–H and O–H groups in total. The molecule has 1 unspecified atom stereocenters. The van der Waals surface area contributed by atoms with Gasteiger partial charge in [-0.2, -0.15) is 0 Å². The van der Waals surface area contributed by atoms with E-state index in [9.17, 15) is 4.79 Å². The first-order chi connectivity index (χ1) is 10.6. The molecule has 0 radical (unpaired) electrons. The second kappa shape index (κ2) is 8.25. The van der Waals surface area contributed by atoms with Gasteiger partial charge in [0.2, 0.25) is 5.91 Å². The maximum absolute atomic E-state index is 11.9. The molecule has 0 bridgehead atoms. The number of para-hydroxylation sites is 1. The smallest absolute Gasteiger partial charge is 0.220 e. The highest BCUT2D eigenvalue weighted by Gasteiger charge is 2.09. The van der Waals surface area contributed by atoms with Crippen LogP contribution < -0.4 is 5.32 Å². The van der Waals surface area contributed by atoms with Gasteiger partial charge in [0.25, 0.3) is 0 Å². The topological polar surface area (TPSA) is 45.2 Å². The Labute approximate surface area is 136 Å². The number of amides is 1. The normalized spacial score (nSPS) is 12.7. The fourth-order valence-corrected chi connectivity index (χ4v) is 3.21. The van der Waals surface area contributed by atoms with Crippen LogP contribution in [0.5, 0.6) is 0 Å². The summed E-state index contributed by atoms with van der Waals surface area (Å²) in [6.07, 6.45) is 2.35. The SMILES string of the molecule is CCC(C)N(C)CCNC(=O)CCc1nc2ccccc2s1. The maximum Gasteiger partial charge on any atom is 0.220 e. The molecule has 0 spiro atoms. The van der Waals surface area contributed by atoms with Gasteiger partial charge in [-0.25, -0.2) is 4.98 Å². The molecule has 2 rings (SSSR count). The van der Waals surface area contributed by atoms with E-state index < -0.39 is 0 Å². The van der Waals surface area contributed by atoms with Gasteiger partial charge in [0.1, 0.15) is 0 Å². The van der Waals surface area contributed by atoms with E-state index in [2.05, 4.69) is 42.2 Å². The van der Waals surface area contributed by atoms with Crippen LogP contribution in [0.4, 0.5) is 0 Å². The van der Waals surface area contributed by atoms with Crippen molar-refractivity contribution < 1.29 is 4.79 Å². The lowest BCUT2D eigenvalue weighted by molar-refractivity contribution is -0.121. The molecule has 0 fully saturated rings. The van der Waals surface area contributed by atoms with Gasteiger partial charge in [-0.1, -0.05) is 19.1 Å². The molecule has 0 saturated carbocycles. The number of fused-ring (bicyclic) bond motifs is 1. The number of likely N-dealkylation sites (N-methyl/N-ethyl adjacent to an activating group) is 1. The Bertz CT molecular complexity index is 578. The number of aryl methyl sites for hydroxylation is 1. The van der Waals surface area contributed by atoms with Crippen molar-refractivity contribution in [2.75, 3.05) is 20.1 Å². The third-order valence-corrected chi connectivity index (χ3v) is 5.13. The third kappa shape index (κ3) is 4.78. The average Bonchev–Trinajstić information content (AvgIpc) is 2.94. The molecule has 1 amide bonds. The molecule has 0 saturated heterocycles. The lowest BCUT2D eigenvalue weighted by atomic mass is 10.2. The Hall–Kier alpha value is -1.46. The Kier molecular flexibility index (Phi) is 6.34. The molecule has 120 valence electrons. The molecule has 1 aromatic heterocycles. The van der Waals surface area contributed by atoms with E-state index in [0.29, 0.717) is 25.4 Å². The van der Waals surface area contributed by atoms with Crippen molar-refractivity contribution in [1.82, 2.24) is 15.2 Å². The summed E-state index contributed by atoms with van der Waals surface area (Å²) in [7, 11) is 2.10. The molecule has 4 nitrogen and oxygen atoms in total. The van der Waals surface area contributed by atoms with E-state index in [1.54, 1.807) is 11.3 Å². The van der Waals surface area contributed by atoms with Crippen LogP contribution in [0.25, 0.3) is 10.2 Å². The second-order valence-electron chi connectivity index (χ2n) is 5.66. The van der Waals surface area contributed by atoms with Crippen molar-refractivity contribution in [3.05, 3.63) is 29.3 Å². The van der Waals surface area contributed by atoms with Crippen LogP contribution in [0, 0.1) is 0 Å². The van der Waals surface area contributed by atoms with Crippen molar-refractivity contribution in [3.8, 4) is 0 Å². The Balaban J connectivity index is 1.71. The van der Waals surface area contributed by atoms with Crippen LogP contribution in [-0.4, -0.2) is 42.0 Å². The number of aromatic nitrogens is 1. The largest absolute Gasteiger partial charge is 0.355 e. The first-order valence-corrected chi connectivity index (χ1v) is 8.73. The van der Waals surface area contributed by atoms with Crippen molar-refractivity contribution >= 4 is 27.5 Å². The number of thiazole rings is 1. The van der Waals surface area contributed by atoms with E-state index in [1.807, 2.05) is 18.2 Å². The van der Waals surface area contributed by atoms with Gasteiger partial charge in [0, 0.05) is 32.0 Å². The minimum absolute atomic E-state index is 0.108. The van der Waals surface area contributed by atoms with Gasteiger partial charge < -0.3 is 10.2 Å². The molecule has 0 aliphatic rings. The number of benzene rings is 1. The highest BCUT2D eigenvalue weighted by molar-refractivity contribution is 7.18. The fraction of sp³-hybridized carbons (Fsp3) is 0.529. The van der Waals surface area contributed by atoms with E-state index in [4.69, 9.17) is 0 Å². The summed E-state index contributed by atoms with van der Waals surface area (Å²) >= 11 is 1.68. The number of carbonyl (C=O) groups excluding carboxylic acids is 1. The summed E-state index contributed by atoms with van der Waals surface area (Å²) < 4.78 is 1.19. The highest BCUT2D eigenvalue weighted by Crippen LogP contribution is 2.22. The van der Waals surface area contributed by atoms with Gasteiger partial charge in [-0.05, 0) is 32.5 Å². The van der Waals surface area contributed by atoms with E-state index in [1.165, 1.54) is 4.70 Å². The minimum atomic E-state index is 0.108. The van der Waals surface area contributed by atoms with E-state index in [-0.39, 0.29) is 5.91 Å². The highest BCUT2D eigenvalue weighted by atomic mass is 32.1. The van der Waals surface area contributed by atoms with Crippen LogP contribution in [0.3, 0.4) is 0 Å². The fourth-order valence-electron chi connectivity index (χ4n) is 2.24. The Morgan fingerprint density at radius 2 is 2.18 bits per heavy atom. The Morgan fingerprint density at radius 3 is 2.91 bits per heavy atom. The van der Waals surface area contributed by atoms with Crippen LogP contribution in [0.2, 0.25) is 0 Å². The van der Waals surface area contributed by atoms with Gasteiger partial charge in [-0.3, -0.25) is 4.79 Å². The molecular weight excluding hydrogens is 294 g/mol. The lowest BCUT2D eigenvalue weighted by Crippen LogP contribution is -2.37. The zero-order chi connectivity index (χ0) is 15.9. The molecule has 0 aliphatic heterocycles. The van der Waals surface area contributed by atoms with Crippen molar-refractivity contribution in [2.45, 2.75) is 39.2 Å². The number of carbonyl (C=O) groups is 1. The number of rotatable bonds is 8.